The first kappa shape index (κ1) is 18.5. The van der Waals surface area contributed by atoms with Gasteiger partial charge in [0.1, 0.15) is 5.60 Å². The Morgan fingerprint density at radius 2 is 1.76 bits per heavy atom. The molecule has 4 aliphatic rings. The minimum atomic E-state index is -5.66. The van der Waals surface area contributed by atoms with Crippen LogP contribution in [0.25, 0.3) is 0 Å². The van der Waals surface area contributed by atoms with Crippen molar-refractivity contribution < 1.29 is 40.8 Å². The Morgan fingerprint density at radius 1 is 1.20 bits per heavy atom. The van der Waals surface area contributed by atoms with Crippen molar-refractivity contribution in [3.05, 3.63) is 0 Å². The van der Waals surface area contributed by atoms with Crippen LogP contribution in [0, 0.1) is 17.3 Å². The average molecular weight is 382 g/mol. The van der Waals surface area contributed by atoms with E-state index in [1.54, 1.807) is 0 Å². The van der Waals surface area contributed by atoms with Crippen molar-refractivity contribution in [2.75, 3.05) is 6.61 Å². The molecule has 0 saturated heterocycles. The van der Waals surface area contributed by atoms with Gasteiger partial charge in [0.25, 0.3) is 0 Å². The van der Waals surface area contributed by atoms with Crippen LogP contribution < -0.4 is 0 Å². The molecule has 4 aliphatic carbocycles. The molecule has 0 radical (unpaired) electrons. The first-order valence-corrected chi connectivity index (χ1v) is 9.52. The van der Waals surface area contributed by atoms with E-state index in [0.717, 1.165) is 6.42 Å². The number of alkyl halides is 2. The number of esters is 2. The number of carbonyl (C=O) groups is 2. The third-order valence-corrected chi connectivity index (χ3v) is 6.42. The van der Waals surface area contributed by atoms with E-state index in [-0.39, 0.29) is 18.3 Å². The molecule has 0 heterocycles. The average Bonchev–Trinajstić information content (AvgIpc) is 2.40. The van der Waals surface area contributed by atoms with E-state index < -0.39 is 44.9 Å². The van der Waals surface area contributed by atoms with E-state index in [9.17, 15) is 26.8 Å². The van der Waals surface area contributed by atoms with Crippen molar-refractivity contribution in [1.82, 2.24) is 0 Å². The van der Waals surface area contributed by atoms with Gasteiger partial charge < -0.3 is 9.47 Å². The van der Waals surface area contributed by atoms with Crippen molar-refractivity contribution in [2.45, 2.75) is 56.3 Å². The third-order valence-electron chi connectivity index (χ3n) is 5.55. The van der Waals surface area contributed by atoms with Gasteiger partial charge in [0.05, 0.1) is 5.41 Å². The number of rotatable bonds is 5. The summed E-state index contributed by atoms with van der Waals surface area (Å²) in [5.74, 6) is -1.10. The molecule has 2 atom stereocenters. The zero-order valence-electron chi connectivity index (χ0n) is 13.7. The van der Waals surface area contributed by atoms with Gasteiger partial charge in [0.2, 0.25) is 0 Å². The summed E-state index contributed by atoms with van der Waals surface area (Å²) in [5, 5.41) is -4.56. The molecule has 4 saturated carbocycles. The molecular formula is C15H20F2O7S. The van der Waals surface area contributed by atoms with Crippen LogP contribution in [0.5, 0.6) is 0 Å². The first-order valence-electron chi connectivity index (χ1n) is 8.08. The zero-order valence-corrected chi connectivity index (χ0v) is 14.5. The fourth-order valence-corrected chi connectivity index (χ4v) is 5.43. The second kappa shape index (κ2) is 5.60. The number of hydrogen-bond acceptors (Lipinski definition) is 6. The summed E-state index contributed by atoms with van der Waals surface area (Å²) in [6, 6.07) is 0. The monoisotopic (exact) mass is 382 g/mol. The second-order valence-electron chi connectivity index (χ2n) is 7.71. The van der Waals surface area contributed by atoms with Crippen molar-refractivity contribution in [3.8, 4) is 0 Å². The summed E-state index contributed by atoms with van der Waals surface area (Å²) in [7, 11) is -5.66. The van der Waals surface area contributed by atoms with Crippen LogP contribution in [-0.2, 0) is 29.2 Å². The highest BCUT2D eigenvalue weighted by Crippen LogP contribution is 2.63. The molecule has 0 spiro atoms. The molecule has 10 heteroatoms. The van der Waals surface area contributed by atoms with Crippen molar-refractivity contribution in [2.24, 2.45) is 17.3 Å². The molecule has 0 aromatic carbocycles. The summed E-state index contributed by atoms with van der Waals surface area (Å²) >= 11 is 0. The minimum Gasteiger partial charge on any atom is -0.459 e. The normalized spacial score (nSPS) is 37.0. The largest absolute Gasteiger partial charge is 0.459 e. The fraction of sp³-hybridized carbons (Fsp3) is 0.867. The highest BCUT2D eigenvalue weighted by atomic mass is 32.2. The van der Waals surface area contributed by atoms with Gasteiger partial charge in [-0.25, -0.2) is 0 Å². The lowest BCUT2D eigenvalue weighted by Crippen LogP contribution is -2.60. The van der Waals surface area contributed by atoms with E-state index >= 15 is 0 Å². The van der Waals surface area contributed by atoms with E-state index in [4.69, 9.17) is 9.29 Å². The van der Waals surface area contributed by atoms with Crippen LogP contribution in [0.15, 0.2) is 0 Å². The van der Waals surface area contributed by atoms with Gasteiger partial charge in [0.15, 0.2) is 6.61 Å². The Morgan fingerprint density at radius 3 is 2.24 bits per heavy atom. The lowest BCUT2D eigenvalue weighted by molar-refractivity contribution is -0.213. The molecule has 25 heavy (non-hydrogen) atoms. The summed E-state index contributed by atoms with van der Waals surface area (Å²) < 4.78 is 66.5. The van der Waals surface area contributed by atoms with E-state index in [1.807, 2.05) is 0 Å². The van der Waals surface area contributed by atoms with Gasteiger partial charge in [-0.2, -0.15) is 17.2 Å². The van der Waals surface area contributed by atoms with E-state index in [2.05, 4.69) is 4.74 Å². The summed E-state index contributed by atoms with van der Waals surface area (Å²) in [4.78, 5) is 24.0. The van der Waals surface area contributed by atoms with Gasteiger partial charge >= 0.3 is 27.3 Å². The lowest BCUT2D eigenvalue weighted by Gasteiger charge is -2.59. The van der Waals surface area contributed by atoms with Gasteiger partial charge in [0, 0.05) is 13.3 Å². The Balaban J connectivity index is 1.77. The Hall–Kier alpha value is -1.29. The molecule has 0 aliphatic heterocycles. The predicted molar refractivity (Wildman–Crippen MR) is 79.1 cm³/mol. The van der Waals surface area contributed by atoms with Crippen molar-refractivity contribution in [3.63, 3.8) is 0 Å². The third kappa shape index (κ3) is 3.25. The number of ether oxygens (including phenoxy) is 2. The van der Waals surface area contributed by atoms with Gasteiger partial charge in [-0.3, -0.25) is 14.1 Å². The lowest BCUT2D eigenvalue weighted by atomic mass is 9.48. The minimum absolute atomic E-state index is 0.134. The predicted octanol–water partition coefficient (Wildman–Crippen LogP) is 1.91. The number of halogens is 2. The molecular weight excluding hydrogens is 362 g/mol. The maximum absolute atomic E-state index is 13.3. The first-order chi connectivity index (χ1) is 11.4. The molecule has 4 bridgehead atoms. The maximum Gasteiger partial charge on any atom is 0.402 e. The summed E-state index contributed by atoms with van der Waals surface area (Å²) in [5.41, 5.74) is -1.82. The van der Waals surface area contributed by atoms with Crippen LogP contribution in [0.2, 0.25) is 0 Å². The smallest absolute Gasteiger partial charge is 0.402 e. The van der Waals surface area contributed by atoms with Gasteiger partial charge in [-0.05, 0) is 43.9 Å². The fourth-order valence-electron chi connectivity index (χ4n) is 5.22. The van der Waals surface area contributed by atoms with Crippen LogP contribution >= 0.6 is 0 Å². The summed E-state index contributed by atoms with van der Waals surface area (Å²) in [6.45, 7) is -0.446. The van der Waals surface area contributed by atoms with Crippen LogP contribution in [0.3, 0.4) is 0 Å². The SMILES string of the molecule is CC(=O)OC12CC3CC(C1)CC(C(=O)OCC(F)(F)S(=O)(=O)O)(C3)C2. The topological polar surface area (TPSA) is 107 Å². The molecule has 2 unspecified atom stereocenters. The van der Waals surface area contributed by atoms with Crippen molar-refractivity contribution >= 4 is 22.1 Å². The van der Waals surface area contributed by atoms with Gasteiger partial charge in [-0.1, -0.05) is 0 Å². The molecule has 7 nitrogen and oxygen atoms in total. The van der Waals surface area contributed by atoms with Crippen LogP contribution in [0.1, 0.15) is 45.4 Å². The molecule has 142 valence electrons. The highest BCUT2D eigenvalue weighted by Gasteiger charge is 2.63. The molecule has 0 amide bonds. The quantitative estimate of drug-likeness (QED) is 0.572. The Kier molecular flexibility index (Phi) is 4.15. The summed E-state index contributed by atoms with van der Waals surface area (Å²) in [6.07, 6.45) is 3.26. The molecule has 0 aromatic heterocycles. The molecule has 1 N–H and O–H groups in total. The standard InChI is InChI=1S/C15H20F2O7S/c1-9(18)24-14-5-10-2-11(6-14)4-13(3-10,7-14)12(19)23-8-15(16,17)25(20,21)22/h10-11H,2-8H2,1H3,(H,20,21,22). The zero-order chi connectivity index (χ0) is 18.7. The highest BCUT2D eigenvalue weighted by molar-refractivity contribution is 7.86. The maximum atomic E-state index is 13.3. The molecule has 0 aromatic rings. The molecule has 4 rings (SSSR count). The number of carbonyl (C=O) groups excluding carboxylic acids is 2. The van der Waals surface area contributed by atoms with E-state index in [0.29, 0.717) is 25.7 Å². The van der Waals surface area contributed by atoms with E-state index in [1.165, 1.54) is 6.92 Å². The van der Waals surface area contributed by atoms with Crippen LogP contribution in [-0.4, -0.2) is 42.4 Å². The second-order valence-corrected chi connectivity index (χ2v) is 9.25. The number of hydrogen-bond donors (Lipinski definition) is 1. The Bertz CT molecular complexity index is 689. The van der Waals surface area contributed by atoms with Crippen LogP contribution in [0.4, 0.5) is 8.78 Å². The van der Waals surface area contributed by atoms with Gasteiger partial charge in [-0.15, -0.1) is 0 Å². The van der Waals surface area contributed by atoms with Crippen molar-refractivity contribution in [1.29, 1.82) is 0 Å². The molecule has 4 fully saturated rings. The Labute approximate surface area is 143 Å².